The van der Waals surface area contributed by atoms with E-state index in [-0.39, 0.29) is 6.17 Å². The topological polar surface area (TPSA) is 35.8 Å². The van der Waals surface area contributed by atoms with E-state index in [1.807, 2.05) is 0 Å². The molecule has 1 fully saturated rings. The molecule has 0 saturated heterocycles. The van der Waals surface area contributed by atoms with Crippen LogP contribution in [-0.2, 0) is 0 Å². The van der Waals surface area contributed by atoms with Gasteiger partial charge in [-0.3, -0.25) is 0 Å². The van der Waals surface area contributed by atoms with Crippen molar-refractivity contribution in [1.29, 1.82) is 0 Å². The summed E-state index contributed by atoms with van der Waals surface area (Å²) in [6, 6.07) is 0. The lowest BCUT2D eigenvalue weighted by Crippen LogP contribution is -2.36. The van der Waals surface area contributed by atoms with E-state index in [4.69, 9.17) is 5.73 Å². The molecule has 1 rings (SSSR count). The van der Waals surface area contributed by atoms with E-state index in [0.29, 0.717) is 5.92 Å². The van der Waals surface area contributed by atoms with Crippen LogP contribution >= 0.6 is 0 Å². The zero-order valence-electron chi connectivity index (χ0n) is 7.40. The smallest absolute Gasteiger partial charge is 0.0733 e. The summed E-state index contributed by atoms with van der Waals surface area (Å²) >= 11 is 0. The van der Waals surface area contributed by atoms with Gasteiger partial charge in [0.05, 0.1) is 6.17 Å². The zero-order valence-corrected chi connectivity index (χ0v) is 7.40. The van der Waals surface area contributed by atoms with Crippen LogP contribution in [0.25, 0.3) is 0 Å². The van der Waals surface area contributed by atoms with Gasteiger partial charge < -0.3 is 5.32 Å². The first-order valence-electron chi connectivity index (χ1n) is 4.79. The van der Waals surface area contributed by atoms with Gasteiger partial charge in [0.1, 0.15) is 0 Å². The van der Waals surface area contributed by atoms with Gasteiger partial charge in [-0.1, -0.05) is 19.8 Å². The fraction of sp³-hybridized carbons (Fsp3) is 1.00. The summed E-state index contributed by atoms with van der Waals surface area (Å²) in [6.07, 6.45) is 6.37. The molecule has 2 heteroatoms. The van der Waals surface area contributed by atoms with E-state index in [1.54, 1.807) is 0 Å². The molecule has 0 aromatic rings. The lowest BCUT2D eigenvalue weighted by atomic mass is 10.1. The number of rotatable bonds is 4. The summed E-state index contributed by atoms with van der Waals surface area (Å²) in [5.74, 6) is 0.640. The van der Waals surface area contributed by atoms with Crippen molar-refractivity contribution in [3.8, 4) is 0 Å². The van der Waals surface area contributed by atoms with Crippen LogP contribution in [-0.4, -0.2) is 12.7 Å². The second-order valence-electron chi connectivity index (χ2n) is 3.48. The molecular weight excluding hydrogens is 136 g/mol. The monoisotopic (exact) mass is 155 g/mol. The lowest BCUT2D eigenvalue weighted by Gasteiger charge is -2.18. The molecule has 0 aliphatic heterocycles. The van der Waals surface area contributed by atoms with Gasteiger partial charge in [-0.05, 0) is 31.7 Å². The Labute approximate surface area is 69.5 Å². The van der Waals surface area contributed by atoms with Gasteiger partial charge in [-0.15, -0.1) is 0 Å². The van der Waals surface area contributed by atoms with Crippen LogP contribution < -0.4 is 11.1 Å². The molecule has 1 saturated carbocycles. The Bertz CT molecular complexity index is 97.7. The summed E-state index contributed by atoms with van der Waals surface area (Å²) < 4.78 is 0. The molecule has 1 aliphatic rings. The Hall–Kier alpha value is -0.0800. The summed E-state index contributed by atoms with van der Waals surface area (Å²) in [5, 5.41) is 3.24. The maximum absolute atomic E-state index is 7.76. The highest BCUT2D eigenvalue weighted by molar-refractivity contribution is 4.75. The molecule has 0 aromatic carbocycles. The van der Waals surface area contributed by atoms with E-state index in [1.165, 1.54) is 25.7 Å². The number of hydrogen-bond acceptors (Lipinski definition) is 1. The van der Waals surface area contributed by atoms with Gasteiger partial charge in [0.25, 0.3) is 0 Å². The normalized spacial score (nSPS) is 22.4. The molecule has 2 N–H and O–H groups in total. The molecule has 1 atom stereocenters. The van der Waals surface area contributed by atoms with E-state index >= 15 is 0 Å². The highest BCUT2D eigenvalue weighted by Gasteiger charge is 2.21. The Morgan fingerprint density at radius 1 is 1.45 bits per heavy atom. The van der Waals surface area contributed by atoms with E-state index in [2.05, 4.69) is 12.2 Å². The molecule has 0 spiro atoms. The summed E-state index contributed by atoms with van der Waals surface area (Å²) in [4.78, 5) is 0. The second-order valence-corrected chi connectivity index (χ2v) is 3.48. The minimum atomic E-state index is 0.0115. The van der Waals surface area contributed by atoms with Crippen molar-refractivity contribution in [2.45, 2.75) is 45.2 Å². The van der Waals surface area contributed by atoms with Crippen LogP contribution in [0, 0.1) is 5.92 Å². The highest BCUT2D eigenvalue weighted by Crippen LogP contribution is 2.26. The van der Waals surface area contributed by atoms with Gasteiger partial charge >= 0.3 is 0 Å². The SMILES string of the molecule is CCCNC([NH])C1CCCC1. The third kappa shape index (κ3) is 2.80. The molecule has 0 aromatic heterocycles. The average Bonchev–Trinajstić information content (AvgIpc) is 2.52. The van der Waals surface area contributed by atoms with Crippen molar-refractivity contribution in [2.24, 2.45) is 5.92 Å². The highest BCUT2D eigenvalue weighted by atomic mass is 15.0. The third-order valence-corrected chi connectivity index (χ3v) is 2.49. The fourth-order valence-electron chi connectivity index (χ4n) is 1.76. The standard InChI is InChI=1S/C9H19N2/c1-2-7-11-9(10)8-5-3-4-6-8/h8-11H,2-7H2,1H3. The predicted molar refractivity (Wildman–Crippen MR) is 47.1 cm³/mol. The van der Waals surface area contributed by atoms with Gasteiger partial charge in [0.15, 0.2) is 0 Å². The maximum Gasteiger partial charge on any atom is 0.0733 e. The second kappa shape index (κ2) is 4.73. The third-order valence-electron chi connectivity index (χ3n) is 2.49. The Kier molecular flexibility index (Phi) is 3.87. The Balaban J connectivity index is 2.12. The first kappa shape index (κ1) is 9.01. The number of hydrogen-bond donors (Lipinski definition) is 1. The molecule has 1 unspecified atom stereocenters. The predicted octanol–water partition coefficient (Wildman–Crippen LogP) is 1.79. The summed E-state index contributed by atoms with van der Waals surface area (Å²) in [5.41, 5.74) is 7.76. The van der Waals surface area contributed by atoms with Crippen molar-refractivity contribution in [3.05, 3.63) is 0 Å². The first-order chi connectivity index (χ1) is 5.34. The molecule has 1 aliphatic carbocycles. The van der Waals surface area contributed by atoms with Crippen LogP contribution in [0.1, 0.15) is 39.0 Å². The molecule has 2 nitrogen and oxygen atoms in total. The number of nitrogens with one attached hydrogen (secondary N) is 2. The van der Waals surface area contributed by atoms with Crippen molar-refractivity contribution in [1.82, 2.24) is 11.1 Å². The van der Waals surface area contributed by atoms with E-state index in [0.717, 1.165) is 13.0 Å². The summed E-state index contributed by atoms with van der Waals surface area (Å²) in [7, 11) is 0. The largest absolute Gasteiger partial charge is 0.301 e. The van der Waals surface area contributed by atoms with Crippen LogP contribution in [0.15, 0.2) is 0 Å². The van der Waals surface area contributed by atoms with Crippen molar-refractivity contribution in [2.75, 3.05) is 6.54 Å². The Morgan fingerprint density at radius 2 is 2.09 bits per heavy atom. The van der Waals surface area contributed by atoms with E-state index < -0.39 is 0 Å². The molecule has 0 heterocycles. The minimum Gasteiger partial charge on any atom is -0.301 e. The maximum atomic E-state index is 7.76. The summed E-state index contributed by atoms with van der Waals surface area (Å²) in [6.45, 7) is 3.15. The molecular formula is C9H19N2. The van der Waals surface area contributed by atoms with Crippen LogP contribution in [0.5, 0.6) is 0 Å². The minimum absolute atomic E-state index is 0.0115. The first-order valence-corrected chi connectivity index (χ1v) is 4.79. The van der Waals surface area contributed by atoms with Crippen LogP contribution in [0.4, 0.5) is 0 Å². The molecule has 1 radical (unpaired) electrons. The molecule has 11 heavy (non-hydrogen) atoms. The van der Waals surface area contributed by atoms with Gasteiger partial charge in [0.2, 0.25) is 0 Å². The van der Waals surface area contributed by atoms with Gasteiger partial charge in [-0.25, -0.2) is 5.73 Å². The average molecular weight is 155 g/mol. The van der Waals surface area contributed by atoms with Gasteiger partial charge in [-0.2, -0.15) is 0 Å². The molecule has 65 valence electrons. The van der Waals surface area contributed by atoms with E-state index in [9.17, 15) is 0 Å². The van der Waals surface area contributed by atoms with Crippen LogP contribution in [0.3, 0.4) is 0 Å². The fourth-order valence-corrected chi connectivity index (χ4v) is 1.76. The van der Waals surface area contributed by atoms with Crippen molar-refractivity contribution >= 4 is 0 Å². The molecule has 0 amide bonds. The quantitative estimate of drug-likeness (QED) is 0.660. The lowest BCUT2D eigenvalue weighted by molar-refractivity contribution is 0.358. The van der Waals surface area contributed by atoms with Crippen molar-refractivity contribution in [3.63, 3.8) is 0 Å². The zero-order chi connectivity index (χ0) is 8.10. The van der Waals surface area contributed by atoms with Gasteiger partial charge in [0, 0.05) is 0 Å². The van der Waals surface area contributed by atoms with Crippen molar-refractivity contribution < 1.29 is 0 Å². The van der Waals surface area contributed by atoms with Crippen LogP contribution in [0.2, 0.25) is 0 Å². The Morgan fingerprint density at radius 3 is 2.64 bits per heavy atom. The molecule has 0 bridgehead atoms.